The summed E-state index contributed by atoms with van der Waals surface area (Å²) in [5.74, 6) is 0. The Hall–Kier alpha value is -0.890. The van der Waals surface area contributed by atoms with E-state index in [4.69, 9.17) is 18.0 Å². The Labute approximate surface area is 72.2 Å². The zero-order valence-electron chi connectivity index (χ0n) is 6.42. The minimum absolute atomic E-state index is 0.417. The van der Waals surface area contributed by atoms with Crippen LogP contribution in [-0.4, -0.2) is 4.99 Å². The SMILES string of the molecule is CCc1cc[c]c(C(N)=S)c1. The molecule has 2 heteroatoms. The van der Waals surface area contributed by atoms with Crippen molar-refractivity contribution < 1.29 is 0 Å². The molecule has 1 rings (SSSR count). The molecule has 0 aromatic heterocycles. The molecule has 0 heterocycles. The van der Waals surface area contributed by atoms with Crippen LogP contribution in [0.4, 0.5) is 0 Å². The first-order valence-electron chi connectivity index (χ1n) is 3.54. The molecule has 0 atom stereocenters. The molecule has 0 fully saturated rings. The topological polar surface area (TPSA) is 26.0 Å². The van der Waals surface area contributed by atoms with Crippen LogP contribution in [0.15, 0.2) is 18.2 Å². The molecule has 0 aliphatic heterocycles. The fourth-order valence-electron chi connectivity index (χ4n) is 0.876. The third-order valence-corrected chi connectivity index (χ3v) is 1.76. The second-order valence-electron chi connectivity index (χ2n) is 2.33. The Balaban J connectivity index is 3.01. The standard InChI is InChI=1S/C9H10NS/c1-2-7-4-3-5-8(6-7)9(10)11/h3-4,6H,2H2,1H3,(H2,10,11). The van der Waals surface area contributed by atoms with E-state index in [2.05, 4.69) is 13.0 Å². The van der Waals surface area contributed by atoms with Gasteiger partial charge in [-0.15, -0.1) is 0 Å². The minimum atomic E-state index is 0.417. The van der Waals surface area contributed by atoms with E-state index >= 15 is 0 Å². The predicted molar refractivity (Wildman–Crippen MR) is 50.5 cm³/mol. The van der Waals surface area contributed by atoms with Crippen molar-refractivity contribution in [2.45, 2.75) is 13.3 Å². The molecular formula is C9H10NS. The van der Waals surface area contributed by atoms with Gasteiger partial charge in [0.05, 0.1) is 0 Å². The van der Waals surface area contributed by atoms with Gasteiger partial charge in [-0.25, -0.2) is 0 Å². The Morgan fingerprint density at radius 1 is 1.73 bits per heavy atom. The van der Waals surface area contributed by atoms with Gasteiger partial charge in [-0.1, -0.05) is 31.3 Å². The summed E-state index contributed by atoms with van der Waals surface area (Å²) in [5, 5.41) is 0. The minimum Gasteiger partial charge on any atom is -0.389 e. The fraction of sp³-hybridized carbons (Fsp3) is 0.222. The van der Waals surface area contributed by atoms with Crippen molar-refractivity contribution >= 4 is 17.2 Å². The summed E-state index contributed by atoms with van der Waals surface area (Å²) in [6.45, 7) is 2.10. The lowest BCUT2D eigenvalue weighted by atomic mass is 10.1. The zero-order chi connectivity index (χ0) is 8.27. The molecule has 1 nitrogen and oxygen atoms in total. The van der Waals surface area contributed by atoms with E-state index in [1.807, 2.05) is 18.2 Å². The lowest BCUT2D eigenvalue weighted by Gasteiger charge is -1.99. The molecule has 0 unspecified atom stereocenters. The molecule has 0 saturated heterocycles. The molecule has 0 aliphatic carbocycles. The van der Waals surface area contributed by atoms with Crippen LogP contribution in [0.2, 0.25) is 0 Å². The first-order valence-corrected chi connectivity index (χ1v) is 3.95. The first-order chi connectivity index (χ1) is 5.24. The van der Waals surface area contributed by atoms with Crippen molar-refractivity contribution in [2.24, 2.45) is 5.73 Å². The second kappa shape index (κ2) is 3.49. The molecule has 0 bridgehead atoms. The summed E-state index contributed by atoms with van der Waals surface area (Å²) in [4.78, 5) is 0.417. The lowest BCUT2D eigenvalue weighted by Crippen LogP contribution is -2.09. The molecular weight excluding hydrogens is 154 g/mol. The molecule has 2 N–H and O–H groups in total. The maximum absolute atomic E-state index is 5.44. The number of benzene rings is 1. The summed E-state index contributed by atoms with van der Waals surface area (Å²) in [7, 11) is 0. The van der Waals surface area contributed by atoms with Crippen molar-refractivity contribution in [3.63, 3.8) is 0 Å². The number of nitrogens with two attached hydrogens (primary N) is 1. The van der Waals surface area contributed by atoms with Crippen LogP contribution in [0, 0.1) is 6.07 Å². The largest absolute Gasteiger partial charge is 0.389 e. The second-order valence-corrected chi connectivity index (χ2v) is 2.77. The quantitative estimate of drug-likeness (QED) is 0.673. The van der Waals surface area contributed by atoms with E-state index < -0.39 is 0 Å². The molecule has 0 amide bonds. The van der Waals surface area contributed by atoms with Crippen LogP contribution in [0.5, 0.6) is 0 Å². The van der Waals surface area contributed by atoms with Crippen LogP contribution in [0.1, 0.15) is 18.1 Å². The maximum Gasteiger partial charge on any atom is 0.104 e. The van der Waals surface area contributed by atoms with Crippen molar-refractivity contribution in [1.82, 2.24) is 0 Å². The number of thiocarbonyl (C=S) groups is 1. The van der Waals surface area contributed by atoms with Crippen molar-refractivity contribution in [3.8, 4) is 0 Å². The zero-order valence-corrected chi connectivity index (χ0v) is 7.24. The Morgan fingerprint density at radius 3 is 3.00 bits per heavy atom. The van der Waals surface area contributed by atoms with E-state index in [1.165, 1.54) is 5.56 Å². The van der Waals surface area contributed by atoms with Gasteiger partial charge in [0.25, 0.3) is 0 Å². The van der Waals surface area contributed by atoms with E-state index in [-0.39, 0.29) is 0 Å². The summed E-state index contributed by atoms with van der Waals surface area (Å²) in [5.41, 5.74) is 7.51. The normalized spacial score (nSPS) is 9.55. The summed E-state index contributed by atoms with van der Waals surface area (Å²) in [6.07, 6.45) is 1.00. The average molecular weight is 164 g/mol. The molecule has 0 aliphatic rings. The van der Waals surface area contributed by atoms with Crippen LogP contribution in [-0.2, 0) is 6.42 Å². The average Bonchev–Trinajstić information content (AvgIpc) is 2.05. The highest BCUT2D eigenvalue weighted by Gasteiger charge is 1.95. The van der Waals surface area contributed by atoms with Gasteiger partial charge < -0.3 is 5.73 Å². The van der Waals surface area contributed by atoms with Gasteiger partial charge >= 0.3 is 0 Å². The third-order valence-electron chi connectivity index (χ3n) is 1.54. The first kappa shape index (κ1) is 8.21. The Bertz CT molecular complexity index is 268. The molecule has 0 spiro atoms. The monoisotopic (exact) mass is 164 g/mol. The number of rotatable bonds is 2. The molecule has 1 radical (unpaired) electrons. The number of aryl methyl sites for hydroxylation is 1. The molecule has 11 heavy (non-hydrogen) atoms. The van der Waals surface area contributed by atoms with Gasteiger partial charge in [-0.2, -0.15) is 0 Å². The van der Waals surface area contributed by atoms with Crippen molar-refractivity contribution in [2.75, 3.05) is 0 Å². The maximum atomic E-state index is 5.44. The van der Waals surface area contributed by atoms with Crippen molar-refractivity contribution in [1.29, 1.82) is 0 Å². The molecule has 1 aromatic rings. The van der Waals surface area contributed by atoms with Gasteiger partial charge in [0.2, 0.25) is 0 Å². The van der Waals surface area contributed by atoms with Crippen LogP contribution >= 0.6 is 12.2 Å². The molecule has 1 aromatic carbocycles. The Morgan fingerprint density at radius 2 is 2.45 bits per heavy atom. The van der Waals surface area contributed by atoms with E-state index in [1.54, 1.807) is 0 Å². The van der Waals surface area contributed by atoms with Gasteiger partial charge in [-0.3, -0.25) is 0 Å². The van der Waals surface area contributed by atoms with Crippen LogP contribution < -0.4 is 5.73 Å². The van der Waals surface area contributed by atoms with E-state index in [9.17, 15) is 0 Å². The van der Waals surface area contributed by atoms with E-state index in [0.29, 0.717) is 4.99 Å². The summed E-state index contributed by atoms with van der Waals surface area (Å²) in [6, 6.07) is 8.82. The lowest BCUT2D eigenvalue weighted by molar-refractivity contribution is 1.14. The van der Waals surface area contributed by atoms with Gasteiger partial charge in [0, 0.05) is 5.56 Å². The number of hydrogen-bond donors (Lipinski definition) is 1. The van der Waals surface area contributed by atoms with Crippen molar-refractivity contribution in [3.05, 3.63) is 35.4 Å². The van der Waals surface area contributed by atoms with Crippen LogP contribution in [0.25, 0.3) is 0 Å². The predicted octanol–water partition coefficient (Wildman–Crippen LogP) is 1.68. The highest BCUT2D eigenvalue weighted by molar-refractivity contribution is 7.80. The van der Waals surface area contributed by atoms with Crippen LogP contribution in [0.3, 0.4) is 0 Å². The molecule has 57 valence electrons. The fourth-order valence-corrected chi connectivity index (χ4v) is 0.994. The summed E-state index contributed by atoms with van der Waals surface area (Å²) < 4.78 is 0. The molecule has 0 saturated carbocycles. The smallest absolute Gasteiger partial charge is 0.104 e. The van der Waals surface area contributed by atoms with E-state index in [0.717, 1.165) is 12.0 Å². The Kier molecular flexibility index (Phi) is 2.60. The van der Waals surface area contributed by atoms with Gasteiger partial charge in [0.1, 0.15) is 4.99 Å². The van der Waals surface area contributed by atoms with Gasteiger partial charge in [0.15, 0.2) is 0 Å². The van der Waals surface area contributed by atoms with Gasteiger partial charge in [-0.05, 0) is 24.1 Å². The third kappa shape index (κ3) is 2.02. The number of hydrogen-bond acceptors (Lipinski definition) is 1. The summed E-state index contributed by atoms with van der Waals surface area (Å²) >= 11 is 4.82. The highest BCUT2D eigenvalue weighted by Crippen LogP contribution is 2.04. The highest BCUT2D eigenvalue weighted by atomic mass is 32.1.